The highest BCUT2D eigenvalue weighted by molar-refractivity contribution is 6.15. The van der Waals surface area contributed by atoms with Crippen molar-refractivity contribution < 1.29 is 26.2 Å². The number of aryl methyl sites for hydroxylation is 10. The molecule has 5 aliphatic heterocycles. The zero-order chi connectivity index (χ0) is 97.5. The second-order valence-electron chi connectivity index (χ2n) is 37.1. The number of benzene rings is 6. The molecule has 0 bridgehead atoms. The van der Waals surface area contributed by atoms with Crippen molar-refractivity contribution in [2.45, 2.75) is 202 Å². The SMILES string of the molecule is C.Cc1ccc2c(n1)oc1c(N3c4cccnc4N(C)C3C)c(C)ccc12.Cc1ccc2c(n1)oc1c(N3c4ncccc4N(C)C3C)c(C)ccc12.[2H]C(C)(C)N1c2ccccc2N(c2c(C)ccc3c2oc2nc(C)ccc23)C1C.[2H]C(C)(C)N1c2cccnc2N(c2c(C)ccc3c2oc2nc(C)ccc23)C1C.[2H]C(C)(C)N1c2cccnc2N(c2c(C)ccc3c2oc2nc(C)ccc23)C1C. The van der Waals surface area contributed by atoms with Crippen molar-refractivity contribution in [3.63, 3.8) is 0 Å². The highest BCUT2D eigenvalue weighted by Gasteiger charge is 2.44. The van der Waals surface area contributed by atoms with E-state index in [-0.39, 0.29) is 38.3 Å². The van der Waals surface area contributed by atoms with Crippen molar-refractivity contribution >= 4 is 196 Å². The maximum absolute atomic E-state index is 8.74. The Bertz CT molecular complexity index is 7680. The van der Waals surface area contributed by atoms with E-state index in [1.165, 1.54) is 5.56 Å². The van der Waals surface area contributed by atoms with Crippen LogP contribution < -0.4 is 49.0 Å². The molecular weight excluding hydrogens is 1700 g/mol. The van der Waals surface area contributed by atoms with Gasteiger partial charge in [-0.3, -0.25) is 0 Å². The molecule has 0 spiro atoms. The van der Waals surface area contributed by atoms with Gasteiger partial charge in [0.15, 0.2) is 51.2 Å². The van der Waals surface area contributed by atoms with E-state index >= 15 is 0 Å². The fourth-order valence-electron chi connectivity index (χ4n) is 21.0. The van der Waals surface area contributed by atoms with E-state index in [1.54, 1.807) is 12.4 Å². The minimum absolute atomic E-state index is 0. The Kier molecular flexibility index (Phi) is 21.6. The molecule has 5 aliphatic rings. The van der Waals surface area contributed by atoms with Crippen molar-refractivity contribution in [1.29, 1.82) is 0 Å². The lowest BCUT2D eigenvalue weighted by atomic mass is 10.1. The third-order valence-corrected chi connectivity index (χ3v) is 27.5. The van der Waals surface area contributed by atoms with Gasteiger partial charge in [-0.25, -0.2) is 44.9 Å². The molecule has 19 heterocycles. The molecule has 137 heavy (non-hydrogen) atoms. The summed E-state index contributed by atoms with van der Waals surface area (Å²) in [6.07, 6.45) is 7.39. The van der Waals surface area contributed by atoms with Gasteiger partial charge in [0.1, 0.15) is 30.8 Å². The minimum atomic E-state index is -0.791. The number of hydrogen-bond acceptors (Lipinski definition) is 24. The van der Waals surface area contributed by atoms with Gasteiger partial charge in [-0.05, 0) is 295 Å². The molecule has 6 aromatic carbocycles. The normalized spacial score (nSPS) is 17.0. The van der Waals surface area contributed by atoms with E-state index in [9.17, 15) is 0 Å². The molecule has 5 atom stereocenters. The molecule has 0 fully saturated rings. The summed E-state index contributed by atoms with van der Waals surface area (Å²) >= 11 is 0. The Morgan fingerprint density at radius 2 is 0.482 bits per heavy atom. The van der Waals surface area contributed by atoms with Crippen molar-refractivity contribution in [1.82, 2.24) is 44.9 Å². The number of aromatic nitrogens is 9. The van der Waals surface area contributed by atoms with Crippen molar-refractivity contribution in [2.75, 3.05) is 63.1 Å². The molecule has 25 rings (SSSR count). The predicted molar refractivity (Wildman–Crippen MR) is 563 cm³/mol. The third kappa shape index (κ3) is 14.6. The summed E-state index contributed by atoms with van der Waals surface area (Å²) < 4.78 is 57.6. The maximum Gasteiger partial charge on any atom is 0.227 e. The first kappa shape index (κ1) is 85.8. The lowest BCUT2D eigenvalue weighted by molar-refractivity contribution is 0.601. The first-order valence-corrected chi connectivity index (χ1v) is 46.6. The number of anilines is 15. The quantitative estimate of drug-likeness (QED) is 0.138. The van der Waals surface area contributed by atoms with Crippen LogP contribution in [0.5, 0.6) is 0 Å². The van der Waals surface area contributed by atoms with Gasteiger partial charge in [0.05, 0.1) is 66.7 Å². The van der Waals surface area contributed by atoms with Crippen molar-refractivity contribution in [2.24, 2.45) is 0 Å². The van der Waals surface area contributed by atoms with Gasteiger partial charge in [0, 0.05) is 139 Å². The minimum Gasteiger partial charge on any atom is -0.435 e. The summed E-state index contributed by atoms with van der Waals surface area (Å²) in [4.78, 5) is 63.6. The molecule has 14 aromatic heterocycles. The van der Waals surface area contributed by atoms with Gasteiger partial charge >= 0.3 is 0 Å². The lowest BCUT2D eigenvalue weighted by Crippen LogP contribution is -2.42. The molecule has 694 valence electrons. The number of pyridine rings is 9. The molecule has 20 aromatic rings. The average Bonchev–Trinajstić information content (AvgIpc) is 1.58. The molecule has 24 heteroatoms. The Morgan fingerprint density at radius 3 is 0.803 bits per heavy atom. The monoisotopic (exact) mass is 1820 g/mol. The lowest BCUT2D eigenvalue weighted by Gasteiger charge is -2.33. The number of fused-ring (bicyclic) bond motifs is 20. The van der Waals surface area contributed by atoms with Crippen LogP contribution in [0.1, 0.15) is 144 Å². The maximum atomic E-state index is 8.74. The largest absolute Gasteiger partial charge is 0.435 e. The van der Waals surface area contributed by atoms with E-state index in [1.807, 2.05) is 161 Å². The van der Waals surface area contributed by atoms with Gasteiger partial charge < -0.3 is 71.1 Å². The molecule has 0 radical (unpaired) electrons. The van der Waals surface area contributed by atoms with Gasteiger partial charge in [0.2, 0.25) is 28.6 Å². The summed E-state index contributed by atoms with van der Waals surface area (Å²) in [5, 5.41) is 10.5. The second-order valence-corrected chi connectivity index (χ2v) is 37.1. The predicted octanol–water partition coefficient (Wildman–Crippen LogP) is 28.2. The molecular formula is C113H117N19O5. The fourth-order valence-corrected chi connectivity index (χ4v) is 21.0. The molecule has 5 unspecified atom stereocenters. The Balaban J connectivity index is 0.000000107. The number of hydrogen-bond donors (Lipinski definition) is 0. The third-order valence-electron chi connectivity index (χ3n) is 27.5. The highest BCUT2D eigenvalue weighted by atomic mass is 16.4. The van der Waals surface area contributed by atoms with Crippen LogP contribution in [0, 0.1) is 69.2 Å². The molecule has 0 amide bonds. The number of rotatable bonds is 8. The average molecular weight is 1820 g/mol. The van der Waals surface area contributed by atoms with Gasteiger partial charge in [-0.1, -0.05) is 80.2 Å². The van der Waals surface area contributed by atoms with Crippen LogP contribution in [0.15, 0.2) is 241 Å². The number of nitrogens with zero attached hydrogens (tertiary/aromatic N) is 19. The van der Waals surface area contributed by atoms with Crippen LogP contribution in [0.3, 0.4) is 0 Å². The Labute approximate surface area is 802 Å². The van der Waals surface area contributed by atoms with E-state index < -0.39 is 18.1 Å². The van der Waals surface area contributed by atoms with Gasteiger partial charge in [-0.15, -0.1) is 0 Å². The topological polar surface area (TPSA) is 214 Å². The summed E-state index contributed by atoms with van der Waals surface area (Å²) in [6, 6.07) is 63.9. The fraction of sp³-hybridized carbons (Fsp3) is 0.283. The van der Waals surface area contributed by atoms with E-state index in [2.05, 4.69) is 289 Å². The van der Waals surface area contributed by atoms with E-state index in [0.717, 1.165) is 218 Å². The molecule has 0 N–H and O–H groups in total. The van der Waals surface area contributed by atoms with Crippen LogP contribution in [0.25, 0.3) is 110 Å². The zero-order valence-electron chi connectivity index (χ0n) is 84.2. The molecule has 24 nitrogen and oxygen atoms in total. The van der Waals surface area contributed by atoms with Crippen LogP contribution in [0.4, 0.5) is 85.8 Å². The van der Waals surface area contributed by atoms with Gasteiger partial charge in [-0.2, -0.15) is 0 Å². The van der Waals surface area contributed by atoms with Crippen LogP contribution in [-0.2, 0) is 0 Å². The summed E-state index contributed by atoms with van der Waals surface area (Å²) in [5.74, 6) is 3.64. The van der Waals surface area contributed by atoms with Crippen LogP contribution in [-0.4, -0.2) is 108 Å². The Hall–Kier alpha value is -15.3. The Morgan fingerprint density at radius 1 is 0.248 bits per heavy atom. The van der Waals surface area contributed by atoms with Crippen molar-refractivity contribution in [3.8, 4) is 0 Å². The summed E-state index contributed by atoms with van der Waals surface area (Å²) in [5.41, 5.74) is 29.4. The van der Waals surface area contributed by atoms with Crippen molar-refractivity contribution in [3.05, 3.63) is 275 Å². The molecule has 0 saturated carbocycles. The standard InChI is InChI=1S/C24H25N3O.2C23H24N4O.2C21H20N4O.CH4/c1-14(2)26-17(5)27(21-9-7-6-8-20(21)26)22-15(3)10-12-18-19-13-11-16(4)25-24(19)28-23(18)22;2*1-13(2)26-16(5)27(22-19(26)7-6-12-24-22)20-14(3)8-10-17-18-11-9-15(4)25-23(18)28-21(17)20;1-12-7-9-15-16-10-8-13(2)23-21(16)26-19(15)18(12)25-14(3)24(4)20-17(25)6-5-11-22-20;1-12-7-9-15-16-10-8-13(2)23-21(16)26-19(15)18(12)25-14(3)24(4)17-6-5-11-22-20(17)25;/h6-14,17H,1-5H3;2*6-13,16H,1-5H3;2*5-11,14H,1-4H3;1H4/i14D;2*13D;;;. The van der Waals surface area contributed by atoms with Gasteiger partial charge in [0.25, 0.3) is 0 Å². The van der Waals surface area contributed by atoms with Crippen LogP contribution in [0.2, 0.25) is 0 Å². The number of para-hydroxylation sites is 2. The first-order chi connectivity index (χ1) is 66.4. The molecule has 0 aliphatic carbocycles. The summed E-state index contributed by atoms with van der Waals surface area (Å²) in [6.45, 7) is 42.7. The second kappa shape index (κ2) is 34.5. The van der Waals surface area contributed by atoms with E-state index in [0.29, 0.717) is 28.6 Å². The molecule has 0 saturated heterocycles. The summed E-state index contributed by atoms with van der Waals surface area (Å²) in [7, 11) is 4.18. The highest BCUT2D eigenvalue weighted by Crippen LogP contribution is 2.55. The number of furan rings is 5. The zero-order valence-corrected chi connectivity index (χ0v) is 81.2. The first-order valence-electron chi connectivity index (χ1n) is 48.1. The smallest absolute Gasteiger partial charge is 0.227 e. The van der Waals surface area contributed by atoms with Crippen LogP contribution >= 0.6 is 0 Å². The van der Waals surface area contributed by atoms with E-state index in [4.69, 9.17) is 36.2 Å².